The topological polar surface area (TPSA) is 111 Å². The Morgan fingerprint density at radius 3 is 2.78 bits per heavy atom. The normalized spacial score (nSPS) is 29.3. The molecule has 2 atom stereocenters. The molecule has 9 heteroatoms. The van der Waals surface area contributed by atoms with Crippen LogP contribution in [0.3, 0.4) is 0 Å². The van der Waals surface area contributed by atoms with E-state index in [1.54, 1.807) is 16.9 Å². The first-order valence-corrected chi connectivity index (χ1v) is 12.6. The van der Waals surface area contributed by atoms with Crippen molar-refractivity contribution in [1.82, 2.24) is 25.3 Å². The number of benzene rings is 1. The van der Waals surface area contributed by atoms with Gasteiger partial charge in [0.1, 0.15) is 6.10 Å². The van der Waals surface area contributed by atoms with Crippen molar-refractivity contribution < 1.29 is 14.4 Å². The lowest BCUT2D eigenvalue weighted by Crippen LogP contribution is -2.52. The minimum absolute atomic E-state index is 0.00841. The van der Waals surface area contributed by atoms with Crippen molar-refractivity contribution in [2.45, 2.75) is 50.2 Å². The Kier molecular flexibility index (Phi) is 4.97. The van der Waals surface area contributed by atoms with Crippen LogP contribution in [-0.4, -0.2) is 44.5 Å². The molecule has 3 aromatic heterocycles. The van der Waals surface area contributed by atoms with Crippen LogP contribution in [0, 0.1) is 11.3 Å². The molecule has 3 aliphatic rings. The number of nitrogens with zero attached hydrogens (tertiary/aromatic N) is 3. The second kappa shape index (κ2) is 8.25. The molecule has 1 aliphatic heterocycles. The molecular formula is C27H27N5O4. The van der Waals surface area contributed by atoms with E-state index in [4.69, 9.17) is 9.57 Å². The summed E-state index contributed by atoms with van der Waals surface area (Å²) in [6.45, 7) is 0.640. The van der Waals surface area contributed by atoms with Gasteiger partial charge in [-0.3, -0.25) is 14.4 Å². The quantitative estimate of drug-likeness (QED) is 0.420. The molecule has 1 spiro atoms. The van der Waals surface area contributed by atoms with E-state index in [2.05, 4.69) is 20.8 Å². The number of amides is 1. The zero-order chi connectivity index (χ0) is 24.3. The number of rotatable bonds is 5. The number of carbonyl (C=O) groups is 1. The third-order valence-electron chi connectivity index (χ3n) is 8.38. The molecule has 1 aromatic carbocycles. The Hall–Kier alpha value is -3.56. The van der Waals surface area contributed by atoms with Crippen LogP contribution in [0.5, 0.6) is 0 Å². The van der Waals surface area contributed by atoms with Gasteiger partial charge in [-0.05, 0) is 55.2 Å². The molecule has 0 bridgehead atoms. The van der Waals surface area contributed by atoms with Gasteiger partial charge in [0.15, 0.2) is 0 Å². The maximum Gasteiger partial charge on any atom is 0.278 e. The first kappa shape index (κ1) is 21.7. The summed E-state index contributed by atoms with van der Waals surface area (Å²) in [5.41, 5.74) is 5.06. The fourth-order valence-corrected chi connectivity index (χ4v) is 6.70. The SMILES string of the molecule is O=C(NOC1CCOC1C1CC2(CC(c3n[nH]c(=O)c4ccccc34)C2)C1)c1cnn2ccccc12. The first-order valence-electron chi connectivity index (χ1n) is 12.6. The second-order valence-electron chi connectivity index (χ2n) is 10.6. The molecule has 1 amide bonds. The minimum atomic E-state index is -0.297. The molecule has 4 aromatic rings. The number of hydrogen-bond donors (Lipinski definition) is 2. The van der Waals surface area contributed by atoms with Crippen molar-refractivity contribution in [3.8, 4) is 0 Å². The van der Waals surface area contributed by atoms with Crippen LogP contribution >= 0.6 is 0 Å². The summed E-state index contributed by atoms with van der Waals surface area (Å²) in [4.78, 5) is 30.7. The molecular weight excluding hydrogens is 458 g/mol. The van der Waals surface area contributed by atoms with Gasteiger partial charge < -0.3 is 4.74 Å². The van der Waals surface area contributed by atoms with E-state index in [9.17, 15) is 9.59 Å². The molecule has 2 saturated carbocycles. The van der Waals surface area contributed by atoms with Crippen LogP contribution in [-0.2, 0) is 9.57 Å². The van der Waals surface area contributed by atoms with Crippen LogP contribution < -0.4 is 11.0 Å². The van der Waals surface area contributed by atoms with Gasteiger partial charge in [-0.25, -0.2) is 15.1 Å². The third kappa shape index (κ3) is 3.45. The summed E-state index contributed by atoms with van der Waals surface area (Å²) < 4.78 is 7.73. The molecule has 9 nitrogen and oxygen atoms in total. The Labute approximate surface area is 206 Å². The van der Waals surface area contributed by atoms with Gasteiger partial charge in [-0.15, -0.1) is 0 Å². The van der Waals surface area contributed by atoms with E-state index >= 15 is 0 Å². The highest BCUT2D eigenvalue weighted by molar-refractivity contribution is 5.99. The fourth-order valence-electron chi connectivity index (χ4n) is 6.70. The molecule has 1 saturated heterocycles. The number of hydrogen-bond acceptors (Lipinski definition) is 6. The van der Waals surface area contributed by atoms with Gasteiger partial charge in [-0.2, -0.15) is 10.2 Å². The molecule has 2 N–H and O–H groups in total. The largest absolute Gasteiger partial charge is 0.375 e. The van der Waals surface area contributed by atoms with Crippen LogP contribution in [0.25, 0.3) is 16.3 Å². The lowest BCUT2D eigenvalue weighted by atomic mass is 9.46. The fraction of sp³-hybridized carbons (Fsp3) is 0.407. The minimum Gasteiger partial charge on any atom is -0.375 e. The van der Waals surface area contributed by atoms with Crippen LogP contribution in [0.2, 0.25) is 0 Å². The molecule has 36 heavy (non-hydrogen) atoms. The lowest BCUT2D eigenvalue weighted by Gasteiger charge is -2.59. The highest BCUT2D eigenvalue weighted by Gasteiger charge is 2.57. The van der Waals surface area contributed by atoms with Crippen molar-refractivity contribution >= 4 is 22.2 Å². The summed E-state index contributed by atoms with van der Waals surface area (Å²) in [6, 6.07) is 13.3. The zero-order valence-corrected chi connectivity index (χ0v) is 19.7. The first-order chi connectivity index (χ1) is 17.6. The molecule has 3 fully saturated rings. The summed E-state index contributed by atoms with van der Waals surface area (Å²) in [5.74, 6) is 0.497. The molecule has 2 unspecified atom stereocenters. The Morgan fingerprint density at radius 1 is 1.11 bits per heavy atom. The number of nitrogens with one attached hydrogen (secondary N) is 2. The number of pyridine rings is 1. The van der Waals surface area contributed by atoms with E-state index in [0.717, 1.165) is 48.7 Å². The Balaban J connectivity index is 0.966. The molecule has 4 heterocycles. The predicted octanol–water partition coefficient (Wildman–Crippen LogP) is 3.36. The van der Waals surface area contributed by atoms with Crippen LogP contribution in [0.1, 0.15) is 54.1 Å². The van der Waals surface area contributed by atoms with Crippen molar-refractivity contribution in [2.75, 3.05) is 6.61 Å². The monoisotopic (exact) mass is 485 g/mol. The number of aromatic nitrogens is 4. The summed E-state index contributed by atoms with van der Waals surface area (Å²) in [5, 5.41) is 13.0. The van der Waals surface area contributed by atoms with E-state index < -0.39 is 0 Å². The van der Waals surface area contributed by atoms with Crippen molar-refractivity contribution in [3.05, 3.63) is 76.5 Å². The smallest absolute Gasteiger partial charge is 0.278 e. The molecule has 0 radical (unpaired) electrons. The maximum absolute atomic E-state index is 12.7. The summed E-state index contributed by atoms with van der Waals surface area (Å²) >= 11 is 0. The number of aromatic amines is 1. The van der Waals surface area contributed by atoms with Crippen molar-refractivity contribution in [2.24, 2.45) is 11.3 Å². The predicted molar refractivity (Wildman–Crippen MR) is 131 cm³/mol. The second-order valence-corrected chi connectivity index (χ2v) is 10.6. The number of H-pyrrole nitrogens is 1. The van der Waals surface area contributed by atoms with Crippen LogP contribution in [0.15, 0.2) is 59.7 Å². The lowest BCUT2D eigenvalue weighted by molar-refractivity contribution is -0.135. The number of carbonyl (C=O) groups excluding carboxylic acids is 1. The van der Waals surface area contributed by atoms with E-state index in [-0.39, 0.29) is 23.7 Å². The van der Waals surface area contributed by atoms with Gasteiger partial charge in [0.05, 0.1) is 34.5 Å². The van der Waals surface area contributed by atoms with E-state index in [0.29, 0.717) is 34.8 Å². The Morgan fingerprint density at radius 2 is 1.92 bits per heavy atom. The van der Waals surface area contributed by atoms with Crippen LogP contribution in [0.4, 0.5) is 0 Å². The maximum atomic E-state index is 12.7. The molecule has 7 rings (SSSR count). The number of fused-ring (bicyclic) bond motifs is 2. The molecule has 184 valence electrons. The average Bonchev–Trinajstić information content (AvgIpc) is 3.49. The van der Waals surface area contributed by atoms with Gasteiger partial charge >= 0.3 is 0 Å². The summed E-state index contributed by atoms with van der Waals surface area (Å²) in [6.07, 6.45) is 8.31. The average molecular weight is 486 g/mol. The van der Waals surface area contributed by atoms with Gasteiger partial charge in [0.25, 0.3) is 11.5 Å². The van der Waals surface area contributed by atoms with E-state index in [1.807, 2.05) is 42.5 Å². The highest BCUT2D eigenvalue weighted by atomic mass is 16.7. The highest BCUT2D eigenvalue weighted by Crippen LogP contribution is 2.65. The Bertz CT molecular complexity index is 1510. The standard InChI is InChI=1S/C27H27N5O4/c33-25-19-6-2-1-5-18(19)23(29-30-25)16-11-27(12-16)13-17(14-27)24-22(8-10-35-24)36-31-26(34)20-15-28-32-9-4-3-7-21(20)32/h1-7,9,15-17,22,24H,8,10-14H2,(H,30,33)(H,31,34). The number of ether oxygens (including phenoxy) is 1. The zero-order valence-electron chi connectivity index (χ0n) is 19.7. The van der Waals surface area contributed by atoms with Crippen molar-refractivity contribution in [3.63, 3.8) is 0 Å². The molecule has 2 aliphatic carbocycles. The van der Waals surface area contributed by atoms with Gasteiger partial charge in [-0.1, -0.05) is 24.3 Å². The summed E-state index contributed by atoms with van der Waals surface area (Å²) in [7, 11) is 0. The van der Waals surface area contributed by atoms with Crippen molar-refractivity contribution in [1.29, 1.82) is 0 Å². The third-order valence-corrected chi connectivity index (χ3v) is 8.38. The van der Waals surface area contributed by atoms with Gasteiger partial charge in [0, 0.05) is 30.5 Å². The van der Waals surface area contributed by atoms with E-state index in [1.165, 1.54) is 0 Å². The number of hydroxylamine groups is 1. The van der Waals surface area contributed by atoms with Gasteiger partial charge in [0.2, 0.25) is 0 Å².